The molecule has 0 aliphatic carbocycles. The second-order valence-corrected chi connectivity index (χ2v) is 26.6. The average molecular weight is 1210 g/mol. The topological polar surface area (TPSA) is 108 Å². The summed E-state index contributed by atoms with van der Waals surface area (Å²) in [5.74, 6) is -0.209. The molecule has 3 atom stereocenters. The number of carbonyl (C=O) groups is 1. The molecular weight excluding hydrogens is 1070 g/mol. The standard InChI is InChI=1S/C76H137N2O6P/c1-6-8-10-12-14-16-18-20-22-24-26-28-30-32-34-36-37-38-39-40-41-42-44-46-48-50-52-54-56-58-60-62-64-66-68-70-76(80)77-74(73-84-85(81,82)83-72-71-78(3,4)5)75(79)69-67-65-63-61-59-57-55-53-51-49-47-45-43-35-33-31-29-27-25-23-21-19-17-15-13-11-9-7-2/h8,10,14,16,20,22,26,28,32,34,37-38,40-41,59,61,67,69,74-75,79H,6-7,9,11-13,15,17-19,21,23-25,27,29-31,33,35-36,39,42-58,60,62-66,68,70-73H2,1-5H3,(H-,77,80,81,82)/b10-8-,16-14-,22-20-,28-26-,34-32-,38-37-,41-40-,61-59+,69-67+. The number of aliphatic hydroxyl groups is 1. The molecule has 492 valence electrons. The summed E-state index contributed by atoms with van der Waals surface area (Å²) < 4.78 is 23.4. The summed E-state index contributed by atoms with van der Waals surface area (Å²) in [6, 6.07) is -0.912. The highest BCUT2D eigenvalue weighted by molar-refractivity contribution is 7.45. The number of unbranched alkanes of at least 4 members (excludes halogenated alkanes) is 36. The Balaban J connectivity index is 4.12. The van der Waals surface area contributed by atoms with Crippen LogP contribution in [0.4, 0.5) is 0 Å². The molecule has 3 unspecified atom stereocenters. The lowest BCUT2D eigenvalue weighted by atomic mass is 10.0. The molecular formula is C76H137N2O6P. The highest BCUT2D eigenvalue weighted by atomic mass is 31.2. The van der Waals surface area contributed by atoms with E-state index in [9.17, 15) is 19.4 Å². The van der Waals surface area contributed by atoms with Crippen molar-refractivity contribution in [1.82, 2.24) is 5.32 Å². The Hall–Kier alpha value is -2.84. The van der Waals surface area contributed by atoms with Gasteiger partial charge < -0.3 is 28.8 Å². The van der Waals surface area contributed by atoms with Gasteiger partial charge in [-0.3, -0.25) is 9.36 Å². The van der Waals surface area contributed by atoms with Crippen LogP contribution in [0.3, 0.4) is 0 Å². The zero-order valence-corrected chi connectivity index (χ0v) is 57.2. The molecule has 8 nitrogen and oxygen atoms in total. The van der Waals surface area contributed by atoms with Crippen LogP contribution in [0.1, 0.15) is 316 Å². The first-order chi connectivity index (χ1) is 41.5. The van der Waals surface area contributed by atoms with Gasteiger partial charge in [-0.05, 0) is 89.9 Å². The summed E-state index contributed by atoms with van der Waals surface area (Å²) >= 11 is 0. The lowest BCUT2D eigenvalue weighted by Crippen LogP contribution is -2.45. The van der Waals surface area contributed by atoms with Crippen molar-refractivity contribution in [3.05, 3.63) is 109 Å². The maximum absolute atomic E-state index is 13.0. The predicted molar refractivity (Wildman–Crippen MR) is 371 cm³/mol. The Morgan fingerprint density at radius 1 is 0.424 bits per heavy atom. The van der Waals surface area contributed by atoms with Crippen LogP contribution in [0.5, 0.6) is 0 Å². The van der Waals surface area contributed by atoms with E-state index in [-0.39, 0.29) is 12.5 Å². The van der Waals surface area contributed by atoms with Gasteiger partial charge in [-0.1, -0.05) is 329 Å². The maximum Gasteiger partial charge on any atom is 0.268 e. The van der Waals surface area contributed by atoms with Crippen molar-refractivity contribution >= 4 is 13.7 Å². The van der Waals surface area contributed by atoms with Crippen LogP contribution < -0.4 is 10.2 Å². The molecule has 0 saturated heterocycles. The summed E-state index contributed by atoms with van der Waals surface area (Å²) in [6.07, 6.45) is 96.4. The fourth-order valence-electron chi connectivity index (χ4n) is 10.2. The van der Waals surface area contributed by atoms with Crippen LogP contribution in [-0.2, 0) is 18.4 Å². The third-order valence-corrected chi connectivity index (χ3v) is 16.7. The van der Waals surface area contributed by atoms with Gasteiger partial charge in [-0.15, -0.1) is 0 Å². The van der Waals surface area contributed by atoms with Crippen molar-refractivity contribution in [1.29, 1.82) is 0 Å². The molecule has 0 aliphatic heterocycles. The van der Waals surface area contributed by atoms with Crippen molar-refractivity contribution in [2.24, 2.45) is 0 Å². The van der Waals surface area contributed by atoms with Crippen LogP contribution in [0.25, 0.3) is 0 Å². The van der Waals surface area contributed by atoms with E-state index in [4.69, 9.17) is 9.05 Å². The van der Waals surface area contributed by atoms with Crippen molar-refractivity contribution in [2.45, 2.75) is 328 Å². The van der Waals surface area contributed by atoms with E-state index in [1.54, 1.807) is 6.08 Å². The van der Waals surface area contributed by atoms with Gasteiger partial charge in [0.25, 0.3) is 7.82 Å². The van der Waals surface area contributed by atoms with E-state index in [1.807, 2.05) is 27.2 Å². The van der Waals surface area contributed by atoms with Crippen LogP contribution >= 0.6 is 7.82 Å². The number of nitrogens with one attached hydrogen (secondary N) is 1. The van der Waals surface area contributed by atoms with Gasteiger partial charge in [0, 0.05) is 6.42 Å². The van der Waals surface area contributed by atoms with E-state index < -0.39 is 26.6 Å². The minimum Gasteiger partial charge on any atom is -0.756 e. The lowest BCUT2D eigenvalue weighted by Gasteiger charge is -2.29. The number of phosphoric ester groups is 1. The molecule has 0 spiro atoms. The Bertz CT molecular complexity index is 1760. The zero-order chi connectivity index (χ0) is 61.9. The molecule has 0 rings (SSSR count). The summed E-state index contributed by atoms with van der Waals surface area (Å²) in [6.45, 7) is 4.54. The number of quaternary nitrogens is 1. The number of hydrogen-bond donors (Lipinski definition) is 2. The number of allylic oxidation sites excluding steroid dienone is 17. The fraction of sp³-hybridized carbons (Fsp3) is 0.750. The normalized spacial score (nSPS) is 14.3. The largest absolute Gasteiger partial charge is 0.756 e. The van der Waals surface area contributed by atoms with Crippen LogP contribution in [0.2, 0.25) is 0 Å². The number of likely N-dealkylation sites (N-methyl/N-ethyl adjacent to an activating group) is 1. The molecule has 0 saturated carbocycles. The van der Waals surface area contributed by atoms with Gasteiger partial charge in [0.1, 0.15) is 13.2 Å². The Labute approximate surface area is 527 Å². The van der Waals surface area contributed by atoms with E-state index in [2.05, 4.69) is 116 Å². The molecule has 0 aromatic carbocycles. The smallest absolute Gasteiger partial charge is 0.268 e. The lowest BCUT2D eigenvalue weighted by molar-refractivity contribution is -0.870. The molecule has 0 aliphatic rings. The van der Waals surface area contributed by atoms with Crippen LogP contribution in [0.15, 0.2) is 109 Å². The maximum atomic E-state index is 13.0. The van der Waals surface area contributed by atoms with Crippen molar-refractivity contribution in [3.63, 3.8) is 0 Å². The predicted octanol–water partition coefficient (Wildman–Crippen LogP) is 22.4. The molecule has 0 fully saturated rings. The van der Waals surface area contributed by atoms with Gasteiger partial charge in [-0.2, -0.15) is 0 Å². The van der Waals surface area contributed by atoms with Gasteiger partial charge in [0.2, 0.25) is 5.91 Å². The average Bonchev–Trinajstić information content (AvgIpc) is 3.48. The third kappa shape index (κ3) is 68.5. The summed E-state index contributed by atoms with van der Waals surface area (Å²) in [4.78, 5) is 25.6. The van der Waals surface area contributed by atoms with Crippen molar-refractivity contribution in [3.8, 4) is 0 Å². The van der Waals surface area contributed by atoms with Crippen LogP contribution in [0, 0.1) is 0 Å². The summed E-state index contributed by atoms with van der Waals surface area (Å²) in [7, 11) is 1.24. The van der Waals surface area contributed by atoms with Gasteiger partial charge in [0.05, 0.1) is 39.9 Å². The van der Waals surface area contributed by atoms with E-state index >= 15 is 0 Å². The van der Waals surface area contributed by atoms with E-state index in [0.29, 0.717) is 17.4 Å². The first kappa shape index (κ1) is 82.2. The second-order valence-electron chi connectivity index (χ2n) is 25.2. The summed E-state index contributed by atoms with van der Waals surface area (Å²) in [5.41, 5.74) is 0. The number of phosphoric acid groups is 1. The SMILES string of the molecule is CC/C=C\C/C=C\C/C=C\C/C=C\C/C=C\C/C=C\C/C=C\CCCCCCCCCCCCCCCC(=O)NC(COP(=O)([O-])OCC[N+](C)(C)C)C(O)/C=C/CC/C=C/CCCCCCCCCCCCCCCCCCCCCCCC. The minimum atomic E-state index is -4.62. The van der Waals surface area contributed by atoms with Gasteiger partial charge >= 0.3 is 0 Å². The molecule has 0 bridgehead atoms. The quantitative estimate of drug-likeness (QED) is 0.0272. The molecule has 0 heterocycles. The third-order valence-electron chi connectivity index (χ3n) is 15.7. The van der Waals surface area contributed by atoms with Gasteiger partial charge in [-0.25, -0.2) is 0 Å². The summed E-state index contributed by atoms with van der Waals surface area (Å²) in [5, 5.41) is 13.9. The van der Waals surface area contributed by atoms with E-state index in [0.717, 1.165) is 83.5 Å². The highest BCUT2D eigenvalue weighted by Crippen LogP contribution is 2.38. The fourth-order valence-corrected chi connectivity index (χ4v) is 10.9. The molecule has 1 amide bonds. The monoisotopic (exact) mass is 1210 g/mol. The molecule has 0 radical (unpaired) electrons. The number of carbonyl (C=O) groups excluding carboxylic acids is 1. The van der Waals surface area contributed by atoms with E-state index in [1.165, 1.54) is 212 Å². The highest BCUT2D eigenvalue weighted by Gasteiger charge is 2.23. The number of hydrogen-bond acceptors (Lipinski definition) is 6. The Kier molecular flexibility index (Phi) is 63.4. The minimum absolute atomic E-state index is 0.0102. The number of amides is 1. The number of rotatable bonds is 65. The van der Waals surface area contributed by atoms with Crippen molar-refractivity contribution in [2.75, 3.05) is 40.9 Å². The zero-order valence-electron chi connectivity index (χ0n) is 56.3. The first-order valence-electron chi connectivity index (χ1n) is 35.7. The molecule has 0 aromatic heterocycles. The molecule has 2 N–H and O–H groups in total. The van der Waals surface area contributed by atoms with Crippen LogP contribution in [-0.4, -0.2) is 68.5 Å². The Morgan fingerprint density at radius 3 is 1.09 bits per heavy atom. The molecule has 85 heavy (non-hydrogen) atoms. The Morgan fingerprint density at radius 2 is 0.729 bits per heavy atom. The number of aliphatic hydroxyl groups excluding tert-OH is 1. The number of nitrogens with zero attached hydrogens (tertiary/aromatic N) is 1. The van der Waals surface area contributed by atoms with Crippen molar-refractivity contribution < 1.29 is 32.9 Å². The second kappa shape index (κ2) is 65.6. The molecule has 0 aromatic rings. The molecule has 9 heteroatoms. The first-order valence-corrected chi connectivity index (χ1v) is 37.2. The van der Waals surface area contributed by atoms with Gasteiger partial charge in [0.15, 0.2) is 0 Å².